The Kier molecular flexibility index (Phi) is 8.17. The molecule has 2 aliphatic heterocycles. The van der Waals surface area contributed by atoms with E-state index in [1.807, 2.05) is 12.4 Å². The first-order valence-electron chi connectivity index (χ1n) is 13.4. The number of hydrogen-bond acceptors (Lipinski definition) is 6. The Hall–Kier alpha value is -2.81. The van der Waals surface area contributed by atoms with Gasteiger partial charge in [0.1, 0.15) is 17.4 Å². The zero-order chi connectivity index (χ0) is 25.8. The van der Waals surface area contributed by atoms with Crippen LogP contribution in [-0.2, 0) is 22.6 Å². The number of carbonyl (C=O) groups is 1. The van der Waals surface area contributed by atoms with E-state index in [-0.39, 0.29) is 23.6 Å². The number of carbonyl (C=O) groups excluding carboxylic acids is 1. The molecule has 1 amide bonds. The number of piperidine rings is 1. The zero-order valence-electron chi connectivity index (χ0n) is 21.5. The summed E-state index contributed by atoms with van der Waals surface area (Å²) in [6.07, 6.45) is 9.63. The van der Waals surface area contributed by atoms with Crippen molar-refractivity contribution in [2.75, 3.05) is 44.8 Å². The molecule has 2 atom stereocenters. The molecule has 5 rings (SSSR count). The highest BCUT2D eigenvalue weighted by Crippen LogP contribution is 2.49. The normalized spacial score (nSPS) is 21.9. The summed E-state index contributed by atoms with van der Waals surface area (Å²) in [5.74, 6) is 1.32. The van der Waals surface area contributed by atoms with Crippen LogP contribution in [0.2, 0.25) is 0 Å². The number of methoxy groups -OCH3 is 1. The van der Waals surface area contributed by atoms with Crippen LogP contribution in [0, 0.1) is 29.4 Å². The van der Waals surface area contributed by atoms with Crippen LogP contribution in [0.4, 0.5) is 14.7 Å². The van der Waals surface area contributed by atoms with Crippen LogP contribution < -0.4 is 9.64 Å². The minimum Gasteiger partial charge on any atom is -0.493 e. The lowest BCUT2D eigenvalue weighted by Crippen LogP contribution is -2.35. The van der Waals surface area contributed by atoms with E-state index in [0.29, 0.717) is 44.1 Å². The van der Waals surface area contributed by atoms with Crippen molar-refractivity contribution in [2.45, 2.75) is 51.6 Å². The van der Waals surface area contributed by atoms with Gasteiger partial charge in [0, 0.05) is 68.9 Å². The number of hydrogen-bond donors (Lipinski definition) is 0. The molecule has 2 saturated heterocycles. The molecule has 3 aliphatic rings. The second-order valence-corrected chi connectivity index (χ2v) is 10.6. The molecule has 3 heterocycles. The summed E-state index contributed by atoms with van der Waals surface area (Å²) in [5, 5.41) is 0. The van der Waals surface area contributed by atoms with Crippen molar-refractivity contribution in [2.24, 2.45) is 17.8 Å². The van der Waals surface area contributed by atoms with E-state index in [1.165, 1.54) is 18.6 Å². The minimum absolute atomic E-state index is 0.172. The monoisotopic (exact) mass is 514 g/mol. The number of benzene rings is 1. The fourth-order valence-corrected chi connectivity index (χ4v) is 5.85. The highest BCUT2D eigenvalue weighted by Gasteiger charge is 2.43. The Balaban J connectivity index is 1.04. The molecule has 0 radical (unpaired) electrons. The molecule has 37 heavy (non-hydrogen) atoms. The van der Waals surface area contributed by atoms with Crippen molar-refractivity contribution in [1.29, 1.82) is 0 Å². The van der Waals surface area contributed by atoms with Gasteiger partial charge in [0.2, 0.25) is 11.9 Å². The second-order valence-electron chi connectivity index (χ2n) is 10.6. The molecular formula is C28H36F2N4O3. The van der Waals surface area contributed by atoms with Crippen LogP contribution in [0.15, 0.2) is 24.5 Å². The Morgan fingerprint density at radius 1 is 1.05 bits per heavy atom. The van der Waals surface area contributed by atoms with Gasteiger partial charge in [-0.3, -0.25) is 4.79 Å². The maximum Gasteiger partial charge on any atom is 0.227 e. The van der Waals surface area contributed by atoms with E-state index < -0.39 is 11.6 Å². The first-order chi connectivity index (χ1) is 18.0. The van der Waals surface area contributed by atoms with Gasteiger partial charge in [-0.1, -0.05) is 0 Å². The summed E-state index contributed by atoms with van der Waals surface area (Å²) in [6.45, 7) is 4.21. The van der Waals surface area contributed by atoms with Crippen molar-refractivity contribution >= 4 is 11.9 Å². The number of halogens is 2. The summed E-state index contributed by atoms with van der Waals surface area (Å²) in [4.78, 5) is 25.2. The zero-order valence-corrected chi connectivity index (χ0v) is 21.5. The average Bonchev–Trinajstić information content (AvgIpc) is 3.45. The molecular weight excluding hydrogens is 478 g/mol. The van der Waals surface area contributed by atoms with E-state index in [0.717, 1.165) is 56.7 Å². The highest BCUT2D eigenvalue weighted by molar-refractivity contribution is 5.79. The summed E-state index contributed by atoms with van der Waals surface area (Å²) < 4.78 is 39.9. The molecule has 1 aromatic heterocycles. The smallest absolute Gasteiger partial charge is 0.227 e. The van der Waals surface area contributed by atoms with Crippen molar-refractivity contribution in [1.82, 2.24) is 14.9 Å². The van der Waals surface area contributed by atoms with Crippen LogP contribution in [0.5, 0.6) is 5.75 Å². The predicted molar refractivity (Wildman–Crippen MR) is 135 cm³/mol. The number of aromatic nitrogens is 2. The van der Waals surface area contributed by atoms with Gasteiger partial charge in [-0.2, -0.15) is 0 Å². The maximum absolute atomic E-state index is 14.6. The topological polar surface area (TPSA) is 67.8 Å². The van der Waals surface area contributed by atoms with Crippen LogP contribution in [-0.4, -0.2) is 60.7 Å². The number of anilines is 1. The Labute approximate surface area is 217 Å². The highest BCUT2D eigenvalue weighted by atomic mass is 19.1. The Morgan fingerprint density at radius 2 is 1.73 bits per heavy atom. The third-order valence-electron chi connectivity index (χ3n) is 8.07. The Morgan fingerprint density at radius 3 is 2.38 bits per heavy atom. The molecule has 200 valence electrons. The standard InChI is InChI=1S/C28H36F2N4O3/c1-36-18-19-16-31-28(32-17-19)34-9-4-20(5-10-34)23-12-21(23)6-11-37-22-13-25(29)24(26(30)14-22)15-27(35)33-7-2-3-8-33/h13-14,16-17,20-21,23H,2-12,15,18H2,1H3. The third-order valence-corrected chi connectivity index (χ3v) is 8.07. The molecule has 1 aromatic carbocycles. The lowest BCUT2D eigenvalue weighted by atomic mass is 9.90. The fourth-order valence-electron chi connectivity index (χ4n) is 5.85. The van der Waals surface area contributed by atoms with Crippen molar-refractivity contribution in [3.63, 3.8) is 0 Å². The van der Waals surface area contributed by atoms with E-state index in [9.17, 15) is 13.6 Å². The van der Waals surface area contributed by atoms with Gasteiger partial charge in [-0.15, -0.1) is 0 Å². The van der Waals surface area contributed by atoms with Crippen LogP contribution in [0.1, 0.15) is 49.7 Å². The quantitative estimate of drug-likeness (QED) is 0.469. The number of likely N-dealkylation sites (tertiary alicyclic amines) is 1. The molecule has 3 fully saturated rings. The molecule has 0 N–H and O–H groups in total. The summed E-state index contributed by atoms with van der Waals surface area (Å²) in [5.41, 5.74) is 0.799. The largest absolute Gasteiger partial charge is 0.493 e. The van der Waals surface area contributed by atoms with Crippen LogP contribution >= 0.6 is 0 Å². The molecule has 2 aromatic rings. The van der Waals surface area contributed by atoms with Crippen molar-refractivity contribution in [3.8, 4) is 5.75 Å². The van der Waals surface area contributed by atoms with Crippen LogP contribution in [0.3, 0.4) is 0 Å². The molecule has 0 spiro atoms. The van der Waals surface area contributed by atoms with E-state index in [1.54, 1.807) is 12.0 Å². The van der Waals surface area contributed by atoms with Gasteiger partial charge in [0.15, 0.2) is 0 Å². The van der Waals surface area contributed by atoms with Crippen molar-refractivity contribution < 1.29 is 23.0 Å². The second kappa shape index (κ2) is 11.7. The first kappa shape index (κ1) is 25.8. The fraction of sp³-hybridized carbons (Fsp3) is 0.607. The van der Waals surface area contributed by atoms with Gasteiger partial charge < -0.3 is 19.3 Å². The first-order valence-corrected chi connectivity index (χ1v) is 13.4. The predicted octanol–water partition coefficient (Wildman–Crippen LogP) is 4.39. The van der Waals surface area contributed by atoms with E-state index in [4.69, 9.17) is 9.47 Å². The van der Waals surface area contributed by atoms with Crippen molar-refractivity contribution in [3.05, 3.63) is 47.3 Å². The molecule has 9 heteroatoms. The third kappa shape index (κ3) is 6.37. The summed E-state index contributed by atoms with van der Waals surface area (Å²) in [7, 11) is 1.66. The number of ether oxygens (including phenoxy) is 2. The SMILES string of the molecule is COCc1cnc(N2CCC(C3CC3CCOc3cc(F)c(CC(=O)N4CCCC4)c(F)c3)CC2)nc1. The van der Waals surface area contributed by atoms with E-state index >= 15 is 0 Å². The molecule has 1 aliphatic carbocycles. The lowest BCUT2D eigenvalue weighted by Gasteiger charge is -2.32. The summed E-state index contributed by atoms with van der Waals surface area (Å²) in [6, 6.07) is 2.42. The number of amides is 1. The minimum atomic E-state index is -0.712. The number of rotatable bonds is 10. The van der Waals surface area contributed by atoms with Gasteiger partial charge in [0.25, 0.3) is 0 Å². The number of nitrogens with zero attached hydrogens (tertiary/aromatic N) is 4. The van der Waals surface area contributed by atoms with Gasteiger partial charge >= 0.3 is 0 Å². The summed E-state index contributed by atoms with van der Waals surface area (Å²) >= 11 is 0. The van der Waals surface area contributed by atoms with Gasteiger partial charge in [-0.25, -0.2) is 18.7 Å². The molecule has 0 bridgehead atoms. The maximum atomic E-state index is 14.6. The Bertz CT molecular complexity index is 1050. The molecule has 2 unspecified atom stereocenters. The molecule has 7 nitrogen and oxygen atoms in total. The molecule has 1 saturated carbocycles. The van der Waals surface area contributed by atoms with Gasteiger partial charge in [0.05, 0.1) is 19.6 Å². The lowest BCUT2D eigenvalue weighted by molar-refractivity contribution is -0.129. The average molecular weight is 515 g/mol. The van der Waals surface area contributed by atoms with E-state index in [2.05, 4.69) is 14.9 Å². The van der Waals surface area contributed by atoms with Gasteiger partial charge in [-0.05, 0) is 56.3 Å². The van der Waals surface area contributed by atoms with Crippen LogP contribution in [0.25, 0.3) is 0 Å².